The number of ether oxygens (including phenoxy) is 2. The second-order valence-electron chi connectivity index (χ2n) is 7.31. The van der Waals surface area contributed by atoms with Gasteiger partial charge in [-0.3, -0.25) is 9.59 Å². The highest BCUT2D eigenvalue weighted by Crippen LogP contribution is 2.34. The third-order valence-corrected chi connectivity index (χ3v) is 6.34. The molecule has 1 aromatic heterocycles. The predicted octanol–water partition coefficient (Wildman–Crippen LogP) is 3.91. The van der Waals surface area contributed by atoms with Crippen LogP contribution in [0, 0.1) is 0 Å². The Balaban J connectivity index is 1.76. The average molecular weight is 431 g/mol. The Morgan fingerprint density at radius 3 is 2.77 bits per heavy atom. The molecule has 162 valence electrons. The van der Waals surface area contributed by atoms with Crippen LogP contribution in [-0.4, -0.2) is 55.0 Å². The van der Waals surface area contributed by atoms with E-state index in [4.69, 9.17) is 9.47 Å². The van der Waals surface area contributed by atoms with Gasteiger partial charge in [0.2, 0.25) is 11.8 Å². The van der Waals surface area contributed by atoms with Gasteiger partial charge >= 0.3 is 0 Å². The van der Waals surface area contributed by atoms with Gasteiger partial charge in [0.15, 0.2) is 0 Å². The molecule has 30 heavy (non-hydrogen) atoms. The smallest absolute Gasteiger partial charge is 0.242 e. The van der Waals surface area contributed by atoms with Crippen molar-refractivity contribution >= 4 is 23.2 Å². The number of carbonyl (C=O) groups is 2. The van der Waals surface area contributed by atoms with Gasteiger partial charge in [0.1, 0.15) is 18.1 Å². The molecular formula is C23H30N2O4S. The Labute approximate surface area is 182 Å². The average Bonchev–Trinajstić information content (AvgIpc) is 3.25. The number of methoxy groups -OCH3 is 1. The summed E-state index contributed by atoms with van der Waals surface area (Å²) >= 11 is 1.72. The third-order valence-electron chi connectivity index (χ3n) is 5.34. The number of nitrogens with zero attached hydrogens (tertiary/aromatic N) is 2. The van der Waals surface area contributed by atoms with Gasteiger partial charge in [-0.15, -0.1) is 11.3 Å². The molecule has 0 N–H and O–H groups in total. The fourth-order valence-corrected chi connectivity index (χ4v) is 4.71. The fourth-order valence-electron chi connectivity index (χ4n) is 3.78. The van der Waals surface area contributed by atoms with Crippen LogP contribution in [0.15, 0.2) is 35.7 Å². The summed E-state index contributed by atoms with van der Waals surface area (Å²) in [5.41, 5.74) is 1.14. The summed E-state index contributed by atoms with van der Waals surface area (Å²) in [5, 5.41) is 2.07. The molecule has 6 nitrogen and oxygen atoms in total. The SMILES string of the molecule is CCCN(CC(=O)N1CCc2sccc2[C@@H]1COc1cccc(OC)c1)C(=O)CC. The van der Waals surface area contributed by atoms with Crippen LogP contribution in [-0.2, 0) is 16.0 Å². The molecule has 0 spiro atoms. The lowest BCUT2D eigenvalue weighted by Gasteiger charge is -2.37. The summed E-state index contributed by atoms with van der Waals surface area (Å²) in [7, 11) is 1.62. The largest absolute Gasteiger partial charge is 0.497 e. The Kier molecular flexibility index (Phi) is 7.74. The van der Waals surface area contributed by atoms with E-state index >= 15 is 0 Å². The van der Waals surface area contributed by atoms with Crippen molar-refractivity contribution in [1.29, 1.82) is 0 Å². The van der Waals surface area contributed by atoms with E-state index in [0.717, 1.165) is 24.2 Å². The molecule has 1 aliphatic rings. The number of hydrogen-bond donors (Lipinski definition) is 0. The summed E-state index contributed by atoms with van der Waals surface area (Å²) in [6.07, 6.45) is 2.07. The van der Waals surface area contributed by atoms with Crippen molar-refractivity contribution in [1.82, 2.24) is 9.80 Å². The van der Waals surface area contributed by atoms with Gasteiger partial charge < -0.3 is 19.3 Å². The minimum Gasteiger partial charge on any atom is -0.497 e. The Morgan fingerprint density at radius 2 is 2.03 bits per heavy atom. The zero-order valence-corrected chi connectivity index (χ0v) is 18.7. The highest BCUT2D eigenvalue weighted by molar-refractivity contribution is 7.10. The first kappa shape index (κ1) is 22.2. The van der Waals surface area contributed by atoms with E-state index in [1.54, 1.807) is 23.3 Å². The van der Waals surface area contributed by atoms with Gasteiger partial charge in [0.05, 0.1) is 19.7 Å². The second kappa shape index (κ2) is 10.5. The molecule has 1 atom stereocenters. The summed E-state index contributed by atoms with van der Waals surface area (Å²) in [6, 6.07) is 9.39. The molecule has 1 aromatic carbocycles. The van der Waals surface area contributed by atoms with E-state index in [1.165, 1.54) is 4.88 Å². The van der Waals surface area contributed by atoms with Crippen molar-refractivity contribution in [2.45, 2.75) is 39.2 Å². The normalized spacial score (nSPS) is 15.4. The number of fused-ring (bicyclic) bond motifs is 1. The van der Waals surface area contributed by atoms with Gasteiger partial charge in [0, 0.05) is 30.5 Å². The van der Waals surface area contributed by atoms with Crippen molar-refractivity contribution in [2.75, 3.05) is 33.4 Å². The lowest BCUT2D eigenvalue weighted by molar-refractivity contribution is -0.142. The maximum atomic E-state index is 13.2. The van der Waals surface area contributed by atoms with Crippen LogP contribution < -0.4 is 9.47 Å². The molecule has 7 heteroatoms. The first-order valence-corrected chi connectivity index (χ1v) is 11.4. The molecule has 0 aliphatic carbocycles. The van der Waals surface area contributed by atoms with Crippen molar-refractivity contribution in [3.05, 3.63) is 46.2 Å². The lowest BCUT2D eigenvalue weighted by Crippen LogP contribution is -2.47. The lowest BCUT2D eigenvalue weighted by atomic mass is 10.0. The predicted molar refractivity (Wildman–Crippen MR) is 118 cm³/mol. The zero-order chi connectivity index (χ0) is 21.5. The molecule has 3 rings (SSSR count). The van der Waals surface area contributed by atoms with Crippen LogP contribution in [0.25, 0.3) is 0 Å². The monoisotopic (exact) mass is 430 g/mol. The molecule has 2 aromatic rings. The van der Waals surface area contributed by atoms with E-state index < -0.39 is 0 Å². The number of thiophene rings is 1. The minimum absolute atomic E-state index is 0.0163. The second-order valence-corrected chi connectivity index (χ2v) is 8.31. The highest BCUT2D eigenvalue weighted by atomic mass is 32.1. The van der Waals surface area contributed by atoms with Crippen molar-refractivity contribution in [3.8, 4) is 11.5 Å². The van der Waals surface area contributed by atoms with Crippen LogP contribution in [0.5, 0.6) is 11.5 Å². The number of benzene rings is 1. The van der Waals surface area contributed by atoms with Crippen LogP contribution >= 0.6 is 11.3 Å². The van der Waals surface area contributed by atoms with Gasteiger partial charge in [-0.25, -0.2) is 0 Å². The van der Waals surface area contributed by atoms with E-state index in [-0.39, 0.29) is 24.4 Å². The van der Waals surface area contributed by atoms with Gasteiger partial charge in [-0.2, -0.15) is 0 Å². The summed E-state index contributed by atoms with van der Waals surface area (Å²) in [4.78, 5) is 30.3. The summed E-state index contributed by atoms with van der Waals surface area (Å²) in [6.45, 7) is 5.57. The fraction of sp³-hybridized carbons (Fsp3) is 0.478. The van der Waals surface area contributed by atoms with Crippen LogP contribution in [0.2, 0.25) is 0 Å². The van der Waals surface area contributed by atoms with Crippen LogP contribution in [0.1, 0.15) is 43.2 Å². The van der Waals surface area contributed by atoms with Crippen molar-refractivity contribution in [3.63, 3.8) is 0 Å². The van der Waals surface area contributed by atoms with E-state index in [9.17, 15) is 9.59 Å². The van der Waals surface area contributed by atoms with Gasteiger partial charge in [0.25, 0.3) is 0 Å². The molecule has 1 aliphatic heterocycles. The standard InChI is InChI=1S/C23H30N2O4S/c1-4-11-24(22(26)5-2)15-23(27)25-12-9-21-19(10-13-30-21)20(25)16-29-18-8-6-7-17(14-18)28-3/h6-8,10,13-14,20H,4-5,9,11-12,15-16H2,1-3H3/t20-/m0/s1. The maximum Gasteiger partial charge on any atom is 0.242 e. The van der Waals surface area contributed by atoms with E-state index in [2.05, 4.69) is 11.4 Å². The van der Waals surface area contributed by atoms with E-state index in [0.29, 0.717) is 31.9 Å². The zero-order valence-electron chi connectivity index (χ0n) is 17.9. The van der Waals surface area contributed by atoms with Crippen LogP contribution in [0.4, 0.5) is 0 Å². The molecule has 0 fully saturated rings. The molecule has 2 heterocycles. The Bertz CT molecular complexity index is 866. The number of rotatable bonds is 9. The number of carbonyl (C=O) groups excluding carboxylic acids is 2. The van der Waals surface area contributed by atoms with Crippen molar-refractivity contribution < 1.29 is 19.1 Å². The maximum absolute atomic E-state index is 13.2. The Morgan fingerprint density at radius 1 is 1.23 bits per heavy atom. The molecule has 0 saturated heterocycles. The molecule has 0 radical (unpaired) electrons. The first-order valence-electron chi connectivity index (χ1n) is 10.5. The molecule has 2 amide bonds. The van der Waals surface area contributed by atoms with Crippen molar-refractivity contribution in [2.24, 2.45) is 0 Å². The first-order chi connectivity index (χ1) is 14.6. The summed E-state index contributed by atoms with van der Waals surface area (Å²) < 4.78 is 11.3. The Hall–Kier alpha value is -2.54. The van der Waals surface area contributed by atoms with Crippen LogP contribution in [0.3, 0.4) is 0 Å². The molecular weight excluding hydrogens is 400 g/mol. The molecule has 0 unspecified atom stereocenters. The quantitative estimate of drug-likeness (QED) is 0.605. The van der Waals surface area contributed by atoms with E-state index in [1.807, 2.05) is 43.0 Å². The molecule has 0 saturated carbocycles. The number of hydrogen-bond acceptors (Lipinski definition) is 5. The highest BCUT2D eigenvalue weighted by Gasteiger charge is 2.33. The third kappa shape index (κ3) is 5.14. The topological polar surface area (TPSA) is 59.1 Å². The molecule has 0 bridgehead atoms. The number of amides is 2. The van der Waals surface area contributed by atoms with Gasteiger partial charge in [-0.05, 0) is 42.0 Å². The minimum atomic E-state index is -0.168. The summed E-state index contributed by atoms with van der Waals surface area (Å²) in [5.74, 6) is 1.43. The van der Waals surface area contributed by atoms with Gasteiger partial charge in [-0.1, -0.05) is 19.9 Å².